The molecule has 2 rings (SSSR count). The second-order valence-corrected chi connectivity index (χ2v) is 5.62. The van der Waals surface area contributed by atoms with E-state index in [9.17, 15) is 4.79 Å². The first-order valence-corrected chi connectivity index (χ1v) is 7.77. The molecule has 0 atom stereocenters. The van der Waals surface area contributed by atoms with Crippen LogP contribution in [0.3, 0.4) is 0 Å². The molecule has 0 aliphatic heterocycles. The van der Waals surface area contributed by atoms with Crippen LogP contribution in [0.5, 0.6) is 5.75 Å². The van der Waals surface area contributed by atoms with Gasteiger partial charge in [-0.25, -0.2) is 4.79 Å². The van der Waals surface area contributed by atoms with Gasteiger partial charge in [-0.2, -0.15) is 0 Å². The zero-order chi connectivity index (χ0) is 17.5. The van der Waals surface area contributed by atoms with Gasteiger partial charge in [0.2, 0.25) is 0 Å². The Hall–Kier alpha value is -2.59. The lowest BCUT2D eigenvalue weighted by Gasteiger charge is -2.13. The minimum atomic E-state index is -0.414. The number of hydrogen-bond acceptors (Lipinski definition) is 4. The van der Waals surface area contributed by atoms with Crippen molar-refractivity contribution in [2.75, 3.05) is 13.2 Å². The smallest absolute Gasteiger partial charge is 0.333 e. The maximum absolute atomic E-state index is 11.4. The van der Waals surface area contributed by atoms with E-state index < -0.39 is 5.97 Å². The fourth-order valence-corrected chi connectivity index (χ4v) is 2.19. The summed E-state index contributed by atoms with van der Waals surface area (Å²) in [6.45, 7) is 7.60. The number of aliphatic hydroxyl groups is 1. The minimum Gasteiger partial charge on any atom is -0.489 e. The lowest BCUT2D eigenvalue weighted by Crippen LogP contribution is -2.12. The van der Waals surface area contributed by atoms with Gasteiger partial charge in [0, 0.05) is 11.1 Å². The second kappa shape index (κ2) is 8.31. The first-order chi connectivity index (χ1) is 11.5. The van der Waals surface area contributed by atoms with Crippen LogP contribution in [0.15, 0.2) is 54.6 Å². The Bertz CT molecular complexity index is 717. The summed E-state index contributed by atoms with van der Waals surface area (Å²) in [7, 11) is 0. The third-order valence-corrected chi connectivity index (χ3v) is 3.51. The van der Waals surface area contributed by atoms with Crippen molar-refractivity contribution >= 4 is 5.97 Å². The van der Waals surface area contributed by atoms with E-state index in [0.717, 1.165) is 28.0 Å². The van der Waals surface area contributed by atoms with Crippen LogP contribution in [0.4, 0.5) is 0 Å². The molecule has 0 aliphatic carbocycles. The highest BCUT2D eigenvalue weighted by Crippen LogP contribution is 2.31. The molecule has 24 heavy (non-hydrogen) atoms. The van der Waals surface area contributed by atoms with E-state index in [0.29, 0.717) is 5.57 Å². The van der Waals surface area contributed by atoms with Gasteiger partial charge >= 0.3 is 5.97 Å². The molecule has 0 saturated heterocycles. The summed E-state index contributed by atoms with van der Waals surface area (Å²) in [5.41, 5.74) is 4.27. The Morgan fingerprint density at radius 3 is 2.46 bits per heavy atom. The van der Waals surface area contributed by atoms with Crippen LogP contribution in [-0.2, 0) is 16.1 Å². The van der Waals surface area contributed by atoms with Gasteiger partial charge < -0.3 is 14.6 Å². The van der Waals surface area contributed by atoms with Gasteiger partial charge in [0.05, 0.1) is 6.61 Å². The second-order valence-electron chi connectivity index (χ2n) is 5.62. The molecule has 4 nitrogen and oxygen atoms in total. The highest BCUT2D eigenvalue weighted by atomic mass is 16.6. The molecule has 0 bridgehead atoms. The van der Waals surface area contributed by atoms with E-state index in [1.165, 1.54) is 0 Å². The summed E-state index contributed by atoms with van der Waals surface area (Å²) >= 11 is 0. The summed E-state index contributed by atoms with van der Waals surface area (Å²) in [5.74, 6) is 0.320. The van der Waals surface area contributed by atoms with Crippen LogP contribution < -0.4 is 4.74 Å². The molecule has 0 fully saturated rings. The van der Waals surface area contributed by atoms with Gasteiger partial charge in [0.1, 0.15) is 19.0 Å². The van der Waals surface area contributed by atoms with E-state index in [1.54, 1.807) is 6.92 Å². The maximum atomic E-state index is 11.4. The number of carbonyl (C=O) groups excluding carboxylic acids is 1. The highest BCUT2D eigenvalue weighted by molar-refractivity contribution is 5.86. The molecule has 2 aromatic rings. The number of hydrogen-bond donors (Lipinski definition) is 1. The predicted octanol–water partition coefficient (Wildman–Crippen LogP) is 3.65. The average Bonchev–Trinajstić information content (AvgIpc) is 2.58. The summed E-state index contributed by atoms with van der Waals surface area (Å²) in [4.78, 5) is 11.4. The molecular formula is C20H22O4. The highest BCUT2D eigenvalue weighted by Gasteiger charge is 2.08. The maximum Gasteiger partial charge on any atom is 0.333 e. The number of ether oxygens (including phenoxy) is 2. The van der Waals surface area contributed by atoms with Gasteiger partial charge in [-0.05, 0) is 36.6 Å². The summed E-state index contributed by atoms with van der Waals surface area (Å²) in [5, 5.41) is 9.14. The van der Waals surface area contributed by atoms with Crippen molar-refractivity contribution in [1.29, 1.82) is 0 Å². The van der Waals surface area contributed by atoms with Crippen LogP contribution in [-0.4, -0.2) is 24.3 Å². The van der Waals surface area contributed by atoms with Crippen LogP contribution in [0.2, 0.25) is 0 Å². The Balaban J connectivity index is 2.09. The topological polar surface area (TPSA) is 55.8 Å². The molecule has 126 valence electrons. The van der Waals surface area contributed by atoms with Crippen molar-refractivity contribution < 1.29 is 19.4 Å². The van der Waals surface area contributed by atoms with E-state index in [2.05, 4.69) is 6.58 Å². The summed E-state index contributed by atoms with van der Waals surface area (Å²) in [6, 6.07) is 13.6. The van der Waals surface area contributed by atoms with Gasteiger partial charge in [0.15, 0.2) is 0 Å². The van der Waals surface area contributed by atoms with Gasteiger partial charge in [-0.1, -0.05) is 43.0 Å². The van der Waals surface area contributed by atoms with Crippen LogP contribution in [0, 0.1) is 6.92 Å². The molecule has 1 N–H and O–H groups in total. The quantitative estimate of drug-likeness (QED) is 0.479. The molecule has 0 radical (unpaired) electrons. The molecular weight excluding hydrogens is 304 g/mol. The molecule has 0 aromatic heterocycles. The summed E-state index contributed by atoms with van der Waals surface area (Å²) < 4.78 is 10.8. The molecule has 4 heteroatoms. The number of rotatable bonds is 7. The fourth-order valence-electron chi connectivity index (χ4n) is 2.19. The SMILES string of the molecule is C=C(C)C(=O)OCCOc1cc(C)ccc1-c1ccc(CO)cc1. The standard InChI is InChI=1S/C20H22O4/c1-14(2)20(22)24-11-10-23-19-12-15(3)4-9-18(19)17-7-5-16(13-21)6-8-17/h4-9,12,21H,1,10-11,13H2,2-3H3. The largest absolute Gasteiger partial charge is 0.489 e. The molecule has 0 spiro atoms. The zero-order valence-corrected chi connectivity index (χ0v) is 14.0. The van der Waals surface area contributed by atoms with Crippen LogP contribution >= 0.6 is 0 Å². The molecule has 0 aliphatic rings. The Morgan fingerprint density at radius 1 is 1.12 bits per heavy atom. The Kier molecular flexibility index (Phi) is 6.15. The number of aryl methyl sites for hydroxylation is 1. The summed E-state index contributed by atoms with van der Waals surface area (Å²) in [6.07, 6.45) is 0. The van der Waals surface area contributed by atoms with Gasteiger partial charge in [-0.3, -0.25) is 0 Å². The molecule has 0 unspecified atom stereocenters. The number of esters is 1. The van der Waals surface area contributed by atoms with Crippen molar-refractivity contribution in [1.82, 2.24) is 0 Å². The molecule has 2 aromatic carbocycles. The van der Waals surface area contributed by atoms with Crippen molar-refractivity contribution in [2.45, 2.75) is 20.5 Å². The number of carbonyl (C=O) groups is 1. The van der Waals surface area contributed by atoms with Crippen molar-refractivity contribution in [3.8, 4) is 16.9 Å². The molecule has 0 amide bonds. The van der Waals surface area contributed by atoms with E-state index in [4.69, 9.17) is 14.6 Å². The fraction of sp³-hybridized carbons (Fsp3) is 0.250. The minimum absolute atomic E-state index is 0.0195. The Morgan fingerprint density at radius 2 is 1.83 bits per heavy atom. The van der Waals surface area contributed by atoms with E-state index in [-0.39, 0.29) is 19.8 Å². The predicted molar refractivity (Wildman–Crippen MR) is 93.8 cm³/mol. The van der Waals surface area contributed by atoms with Crippen molar-refractivity contribution in [3.63, 3.8) is 0 Å². The van der Waals surface area contributed by atoms with Gasteiger partial charge in [-0.15, -0.1) is 0 Å². The van der Waals surface area contributed by atoms with Crippen LogP contribution in [0.25, 0.3) is 11.1 Å². The molecule has 0 heterocycles. The van der Waals surface area contributed by atoms with E-state index >= 15 is 0 Å². The van der Waals surface area contributed by atoms with Crippen LogP contribution in [0.1, 0.15) is 18.1 Å². The number of benzene rings is 2. The monoisotopic (exact) mass is 326 g/mol. The first-order valence-electron chi connectivity index (χ1n) is 7.77. The zero-order valence-electron chi connectivity index (χ0n) is 14.0. The number of aliphatic hydroxyl groups excluding tert-OH is 1. The average molecular weight is 326 g/mol. The van der Waals surface area contributed by atoms with Crippen molar-refractivity contribution in [2.24, 2.45) is 0 Å². The third kappa shape index (κ3) is 4.70. The first kappa shape index (κ1) is 17.8. The Labute approximate surface area is 142 Å². The molecule has 0 saturated carbocycles. The third-order valence-electron chi connectivity index (χ3n) is 3.51. The lowest BCUT2D eigenvalue weighted by atomic mass is 10.0. The van der Waals surface area contributed by atoms with Gasteiger partial charge in [0.25, 0.3) is 0 Å². The van der Waals surface area contributed by atoms with E-state index in [1.807, 2.05) is 49.4 Å². The normalized spacial score (nSPS) is 10.3. The lowest BCUT2D eigenvalue weighted by molar-refractivity contribution is -0.139. The van der Waals surface area contributed by atoms with Crippen molar-refractivity contribution in [3.05, 3.63) is 65.7 Å².